The minimum absolute atomic E-state index is 1.10. The normalized spacial score (nSPS) is 11.3. The van der Waals surface area contributed by atoms with Crippen LogP contribution in [0.5, 0.6) is 0 Å². The highest BCUT2D eigenvalue weighted by atomic mass is 14.2. The molecule has 1 aliphatic carbocycles. The largest absolute Gasteiger partial charge is 0.0683 e. The summed E-state index contributed by atoms with van der Waals surface area (Å²) in [5, 5.41) is 0. The lowest BCUT2D eigenvalue weighted by atomic mass is 10.0. The second-order valence-electron chi connectivity index (χ2n) is 4.50. The maximum Gasteiger partial charge on any atom is -0.00134 e. The Morgan fingerprint density at radius 3 is 2.12 bits per heavy atom. The highest BCUT2D eigenvalue weighted by molar-refractivity contribution is 5.77. The smallest absolute Gasteiger partial charge is 0.00134 e. The lowest BCUT2D eigenvalue weighted by molar-refractivity contribution is 1.24. The van der Waals surface area contributed by atoms with Crippen LogP contribution in [-0.2, 0) is 6.42 Å². The first-order chi connectivity index (χ1) is 8.24. The van der Waals surface area contributed by atoms with Gasteiger partial charge >= 0.3 is 0 Å². The van der Waals surface area contributed by atoms with Crippen molar-refractivity contribution in [1.29, 1.82) is 0 Å². The van der Waals surface area contributed by atoms with Crippen molar-refractivity contribution < 1.29 is 0 Å². The zero-order chi connectivity index (χ0) is 12.4. The van der Waals surface area contributed by atoms with Crippen molar-refractivity contribution in [3.8, 4) is 11.1 Å². The van der Waals surface area contributed by atoms with Gasteiger partial charge < -0.3 is 0 Å². The van der Waals surface area contributed by atoms with Gasteiger partial charge in [0.1, 0.15) is 0 Å². The summed E-state index contributed by atoms with van der Waals surface area (Å²) in [6.07, 6.45) is 1.10. The van der Waals surface area contributed by atoms with E-state index in [2.05, 4.69) is 50.2 Å². The Morgan fingerprint density at radius 1 is 0.706 bits per heavy atom. The molecule has 0 spiro atoms. The van der Waals surface area contributed by atoms with Crippen LogP contribution in [0, 0.1) is 13.8 Å². The van der Waals surface area contributed by atoms with Gasteiger partial charge in [-0.3, -0.25) is 0 Å². The van der Waals surface area contributed by atoms with Crippen LogP contribution in [-0.4, -0.2) is 0 Å². The molecular weight excluding hydrogens is 204 g/mol. The highest BCUT2D eigenvalue weighted by Gasteiger charge is 2.17. The minimum atomic E-state index is 1.10. The molecule has 0 bridgehead atoms. The summed E-state index contributed by atoms with van der Waals surface area (Å²) in [6, 6.07) is 13.5. The first-order valence-corrected chi connectivity index (χ1v) is 6.43. The summed E-state index contributed by atoms with van der Waals surface area (Å²) in [6.45, 7) is 8.32. The lowest BCUT2D eigenvalue weighted by Gasteiger charge is -2.02. The molecule has 0 fully saturated rings. The molecule has 2 aromatic rings. The Labute approximate surface area is 104 Å². The van der Waals surface area contributed by atoms with E-state index in [9.17, 15) is 0 Å². The standard InChI is InChI=1S/C15H14.C2H6/c1-10-4-6-14-13(7-10)9-12-5-3-11(2)8-15(12)14;1-2/h3-8H,9H2,1-2H3;1-2H3. The van der Waals surface area contributed by atoms with E-state index >= 15 is 0 Å². The molecule has 0 saturated heterocycles. The van der Waals surface area contributed by atoms with Crippen molar-refractivity contribution in [2.75, 3.05) is 0 Å². The summed E-state index contributed by atoms with van der Waals surface area (Å²) in [5.41, 5.74) is 8.53. The molecule has 0 amide bonds. The van der Waals surface area contributed by atoms with Crippen molar-refractivity contribution >= 4 is 0 Å². The maximum absolute atomic E-state index is 2.31. The predicted octanol–water partition coefficient (Wildman–Crippen LogP) is 4.90. The fourth-order valence-electron chi connectivity index (χ4n) is 2.43. The molecule has 17 heavy (non-hydrogen) atoms. The van der Waals surface area contributed by atoms with Gasteiger partial charge in [0, 0.05) is 0 Å². The Balaban J connectivity index is 0.000000514. The van der Waals surface area contributed by atoms with Gasteiger partial charge in [-0.1, -0.05) is 61.4 Å². The van der Waals surface area contributed by atoms with Crippen LogP contribution < -0.4 is 0 Å². The number of aryl methyl sites for hydroxylation is 2. The second-order valence-corrected chi connectivity index (χ2v) is 4.50. The summed E-state index contributed by atoms with van der Waals surface area (Å²) < 4.78 is 0. The van der Waals surface area contributed by atoms with Crippen molar-refractivity contribution in [2.24, 2.45) is 0 Å². The molecule has 0 aliphatic heterocycles. The molecular formula is C17H20. The van der Waals surface area contributed by atoms with Gasteiger partial charge in [-0.15, -0.1) is 0 Å². The zero-order valence-corrected chi connectivity index (χ0v) is 11.2. The van der Waals surface area contributed by atoms with Crippen LogP contribution in [0.1, 0.15) is 36.1 Å². The molecule has 0 atom stereocenters. The molecule has 88 valence electrons. The summed E-state index contributed by atoms with van der Waals surface area (Å²) in [5.74, 6) is 0. The zero-order valence-electron chi connectivity index (χ0n) is 11.2. The SMILES string of the molecule is CC.Cc1ccc2c(c1)Cc1ccc(C)cc1-2. The predicted molar refractivity (Wildman–Crippen MR) is 75.5 cm³/mol. The van der Waals surface area contributed by atoms with Gasteiger partial charge in [0.25, 0.3) is 0 Å². The van der Waals surface area contributed by atoms with Gasteiger partial charge in [0.05, 0.1) is 0 Å². The van der Waals surface area contributed by atoms with Crippen molar-refractivity contribution in [1.82, 2.24) is 0 Å². The van der Waals surface area contributed by atoms with E-state index in [0.29, 0.717) is 0 Å². The average molecular weight is 224 g/mol. The maximum atomic E-state index is 2.31. The van der Waals surface area contributed by atoms with Crippen LogP contribution in [0.25, 0.3) is 11.1 Å². The molecule has 2 aromatic carbocycles. The number of rotatable bonds is 0. The van der Waals surface area contributed by atoms with Crippen LogP contribution >= 0.6 is 0 Å². The monoisotopic (exact) mass is 224 g/mol. The van der Waals surface area contributed by atoms with Crippen molar-refractivity contribution in [3.05, 3.63) is 58.7 Å². The minimum Gasteiger partial charge on any atom is -0.0683 e. The number of benzene rings is 2. The third kappa shape index (κ3) is 2.12. The van der Waals surface area contributed by atoms with Crippen LogP contribution in [0.15, 0.2) is 36.4 Å². The highest BCUT2D eigenvalue weighted by Crippen LogP contribution is 2.37. The molecule has 0 heteroatoms. The number of hydrogen-bond acceptors (Lipinski definition) is 0. The number of hydrogen-bond donors (Lipinski definition) is 0. The second kappa shape index (κ2) is 4.75. The van der Waals surface area contributed by atoms with Gasteiger partial charge in [0.2, 0.25) is 0 Å². The summed E-state index contributed by atoms with van der Waals surface area (Å²) in [4.78, 5) is 0. The molecule has 0 aromatic heterocycles. The molecule has 0 nitrogen and oxygen atoms in total. The van der Waals surface area contributed by atoms with Crippen LogP contribution in [0.2, 0.25) is 0 Å². The first-order valence-electron chi connectivity index (χ1n) is 6.43. The quantitative estimate of drug-likeness (QED) is 0.509. The molecule has 0 radical (unpaired) electrons. The molecule has 1 aliphatic rings. The van der Waals surface area contributed by atoms with Crippen LogP contribution in [0.3, 0.4) is 0 Å². The Hall–Kier alpha value is -1.56. The fraction of sp³-hybridized carbons (Fsp3) is 0.294. The third-order valence-corrected chi connectivity index (χ3v) is 3.20. The van der Waals surface area contributed by atoms with Gasteiger partial charge in [-0.2, -0.15) is 0 Å². The van der Waals surface area contributed by atoms with Crippen molar-refractivity contribution in [2.45, 2.75) is 34.1 Å². The van der Waals surface area contributed by atoms with Crippen LogP contribution in [0.4, 0.5) is 0 Å². The van der Waals surface area contributed by atoms with E-state index in [1.165, 1.54) is 33.4 Å². The Bertz CT molecular complexity index is 536. The van der Waals surface area contributed by atoms with E-state index in [4.69, 9.17) is 0 Å². The molecule has 0 N–H and O–H groups in total. The lowest BCUT2D eigenvalue weighted by Crippen LogP contribution is -1.80. The molecule has 0 heterocycles. The summed E-state index contributed by atoms with van der Waals surface area (Å²) in [7, 11) is 0. The topological polar surface area (TPSA) is 0 Å². The van der Waals surface area contributed by atoms with E-state index in [-0.39, 0.29) is 0 Å². The van der Waals surface area contributed by atoms with E-state index in [1.807, 2.05) is 13.8 Å². The van der Waals surface area contributed by atoms with Gasteiger partial charge in [0.15, 0.2) is 0 Å². The first kappa shape index (κ1) is 11.9. The van der Waals surface area contributed by atoms with E-state index in [1.54, 1.807) is 0 Å². The van der Waals surface area contributed by atoms with E-state index < -0.39 is 0 Å². The summed E-state index contributed by atoms with van der Waals surface area (Å²) >= 11 is 0. The third-order valence-electron chi connectivity index (χ3n) is 3.20. The molecule has 0 saturated carbocycles. The Morgan fingerprint density at radius 2 is 1.35 bits per heavy atom. The van der Waals surface area contributed by atoms with Crippen molar-refractivity contribution in [3.63, 3.8) is 0 Å². The average Bonchev–Trinajstić information content (AvgIpc) is 2.68. The molecule has 0 unspecified atom stereocenters. The van der Waals surface area contributed by atoms with Gasteiger partial charge in [-0.05, 0) is 42.5 Å². The van der Waals surface area contributed by atoms with E-state index in [0.717, 1.165) is 6.42 Å². The number of fused-ring (bicyclic) bond motifs is 3. The fourth-order valence-corrected chi connectivity index (χ4v) is 2.43. The molecule has 3 rings (SSSR count). The Kier molecular flexibility index (Phi) is 3.33. The van der Waals surface area contributed by atoms with Gasteiger partial charge in [-0.25, -0.2) is 0 Å².